The number of carbonyl (C=O) groups is 1. The van der Waals surface area contributed by atoms with Gasteiger partial charge in [0.1, 0.15) is 11.5 Å². The Morgan fingerprint density at radius 3 is 2.54 bits per heavy atom. The molecule has 0 spiro atoms. The maximum atomic E-state index is 12.2. The van der Waals surface area contributed by atoms with E-state index in [1.54, 1.807) is 0 Å². The number of hydrogen-bond acceptors (Lipinski definition) is 3. The second-order valence-electron chi connectivity index (χ2n) is 7.87. The second kappa shape index (κ2) is 7.20. The summed E-state index contributed by atoms with van der Waals surface area (Å²) >= 11 is 0. The number of pyridine rings is 1. The van der Waals surface area contributed by atoms with Crippen molar-refractivity contribution in [1.82, 2.24) is 9.38 Å². The van der Waals surface area contributed by atoms with Crippen LogP contribution in [0.1, 0.15) is 32.8 Å². The number of hydrogen-bond donors (Lipinski definition) is 1. The van der Waals surface area contributed by atoms with Crippen LogP contribution in [0.25, 0.3) is 5.65 Å². The lowest BCUT2D eigenvalue weighted by Gasteiger charge is -2.20. The number of rotatable bonds is 5. The van der Waals surface area contributed by atoms with Gasteiger partial charge in [-0.25, -0.2) is 4.98 Å². The number of anilines is 2. The van der Waals surface area contributed by atoms with Crippen LogP contribution in [0.15, 0.2) is 54.7 Å². The average molecular weight is 350 g/mol. The van der Waals surface area contributed by atoms with E-state index in [2.05, 4.69) is 40.4 Å². The molecule has 1 aromatic carbocycles. The lowest BCUT2D eigenvalue weighted by atomic mass is 9.92. The van der Waals surface area contributed by atoms with E-state index in [1.807, 2.05) is 61.7 Å². The Labute approximate surface area is 154 Å². The van der Waals surface area contributed by atoms with Crippen LogP contribution >= 0.6 is 0 Å². The molecule has 3 rings (SSSR count). The van der Waals surface area contributed by atoms with Gasteiger partial charge in [-0.2, -0.15) is 0 Å². The first-order valence-corrected chi connectivity index (χ1v) is 8.85. The summed E-state index contributed by atoms with van der Waals surface area (Å²) in [5, 5.41) is 2.91. The minimum atomic E-state index is -0.0513. The highest BCUT2D eigenvalue weighted by atomic mass is 16.1. The maximum Gasteiger partial charge on any atom is 0.226 e. The number of amides is 1. The van der Waals surface area contributed by atoms with Crippen molar-refractivity contribution in [2.75, 3.05) is 17.3 Å². The van der Waals surface area contributed by atoms with Crippen LogP contribution in [0.4, 0.5) is 11.6 Å². The predicted octanol–water partition coefficient (Wildman–Crippen LogP) is 4.35. The van der Waals surface area contributed by atoms with Gasteiger partial charge >= 0.3 is 0 Å². The molecule has 5 heteroatoms. The van der Waals surface area contributed by atoms with E-state index in [0.29, 0.717) is 12.2 Å². The molecule has 3 aromatic rings. The first kappa shape index (κ1) is 18.0. The van der Waals surface area contributed by atoms with Crippen molar-refractivity contribution in [1.29, 1.82) is 0 Å². The topological polar surface area (TPSA) is 49.6 Å². The summed E-state index contributed by atoms with van der Waals surface area (Å²) in [5.41, 5.74) is 2.00. The van der Waals surface area contributed by atoms with Crippen LogP contribution in [-0.2, 0) is 11.3 Å². The van der Waals surface area contributed by atoms with Gasteiger partial charge in [-0.3, -0.25) is 9.20 Å². The van der Waals surface area contributed by atoms with Gasteiger partial charge in [-0.15, -0.1) is 0 Å². The van der Waals surface area contributed by atoms with E-state index >= 15 is 0 Å². The third-order valence-corrected chi connectivity index (χ3v) is 4.08. The molecule has 0 radical (unpaired) electrons. The van der Waals surface area contributed by atoms with Gasteiger partial charge in [0.25, 0.3) is 0 Å². The van der Waals surface area contributed by atoms with Crippen LogP contribution in [-0.4, -0.2) is 22.3 Å². The van der Waals surface area contributed by atoms with Crippen molar-refractivity contribution < 1.29 is 4.79 Å². The van der Waals surface area contributed by atoms with Crippen LogP contribution in [0.2, 0.25) is 0 Å². The molecule has 0 fully saturated rings. The molecule has 0 aliphatic rings. The van der Waals surface area contributed by atoms with Crippen molar-refractivity contribution >= 4 is 23.2 Å². The van der Waals surface area contributed by atoms with Gasteiger partial charge in [-0.05, 0) is 23.1 Å². The summed E-state index contributed by atoms with van der Waals surface area (Å²) in [6, 6.07) is 16.3. The van der Waals surface area contributed by atoms with Crippen molar-refractivity contribution in [3.63, 3.8) is 0 Å². The molecule has 0 bridgehead atoms. The zero-order chi connectivity index (χ0) is 18.7. The quantitative estimate of drug-likeness (QED) is 0.744. The summed E-state index contributed by atoms with van der Waals surface area (Å²) in [6.45, 7) is 6.94. The number of carbonyl (C=O) groups excluding carboxylic acids is 1. The summed E-state index contributed by atoms with van der Waals surface area (Å²) in [7, 11) is 2.06. The molecule has 1 amide bonds. The second-order valence-corrected chi connectivity index (χ2v) is 7.87. The zero-order valence-electron chi connectivity index (χ0n) is 15.9. The van der Waals surface area contributed by atoms with Gasteiger partial charge in [0.15, 0.2) is 5.82 Å². The molecule has 0 atom stereocenters. The van der Waals surface area contributed by atoms with E-state index in [-0.39, 0.29) is 11.3 Å². The van der Waals surface area contributed by atoms with Crippen LogP contribution in [0, 0.1) is 5.41 Å². The van der Waals surface area contributed by atoms with Crippen LogP contribution < -0.4 is 10.2 Å². The van der Waals surface area contributed by atoms with E-state index in [0.717, 1.165) is 18.0 Å². The summed E-state index contributed by atoms with van der Waals surface area (Å²) < 4.78 is 2.01. The zero-order valence-corrected chi connectivity index (χ0v) is 15.9. The highest BCUT2D eigenvalue weighted by Gasteiger charge is 2.17. The summed E-state index contributed by atoms with van der Waals surface area (Å²) in [5.74, 6) is 1.59. The fourth-order valence-electron chi connectivity index (χ4n) is 2.97. The Kier molecular flexibility index (Phi) is 4.98. The number of nitrogens with zero attached hydrogens (tertiary/aromatic N) is 3. The SMILES string of the molecule is CN(Cc1ccccc1)c1cccc2nc(NC(=O)CC(C)(C)C)cn12. The third kappa shape index (κ3) is 4.42. The number of benzene rings is 1. The molecular weight excluding hydrogens is 324 g/mol. The number of fused-ring (bicyclic) bond motifs is 1. The molecule has 136 valence electrons. The van der Waals surface area contributed by atoms with E-state index in [1.165, 1.54) is 5.56 Å². The Bertz CT molecular complexity index is 893. The summed E-state index contributed by atoms with van der Waals surface area (Å²) in [6.07, 6.45) is 2.34. The third-order valence-electron chi connectivity index (χ3n) is 4.08. The minimum Gasteiger partial charge on any atom is -0.356 e. The van der Waals surface area contributed by atoms with Crippen molar-refractivity contribution in [2.45, 2.75) is 33.7 Å². The predicted molar refractivity (Wildman–Crippen MR) is 106 cm³/mol. The smallest absolute Gasteiger partial charge is 0.226 e. The molecule has 0 aliphatic carbocycles. The number of nitrogens with one attached hydrogen (secondary N) is 1. The molecule has 1 N–H and O–H groups in total. The fourth-order valence-corrected chi connectivity index (χ4v) is 2.97. The first-order valence-electron chi connectivity index (χ1n) is 8.85. The van der Waals surface area contributed by atoms with Gasteiger partial charge < -0.3 is 10.2 Å². The Balaban J connectivity index is 1.81. The Hall–Kier alpha value is -2.82. The largest absolute Gasteiger partial charge is 0.356 e. The van der Waals surface area contributed by atoms with Crippen molar-refractivity contribution in [3.8, 4) is 0 Å². The first-order chi connectivity index (χ1) is 12.3. The van der Waals surface area contributed by atoms with E-state index < -0.39 is 0 Å². The molecule has 0 aliphatic heterocycles. The highest BCUT2D eigenvalue weighted by molar-refractivity contribution is 5.90. The van der Waals surface area contributed by atoms with Crippen LogP contribution in [0.5, 0.6) is 0 Å². The molecule has 0 unspecified atom stereocenters. The molecule has 0 saturated carbocycles. The van der Waals surface area contributed by atoms with Crippen molar-refractivity contribution in [3.05, 3.63) is 60.3 Å². The molecule has 2 aromatic heterocycles. The molecule has 2 heterocycles. The lowest BCUT2D eigenvalue weighted by molar-refractivity contribution is -0.117. The van der Waals surface area contributed by atoms with E-state index in [4.69, 9.17) is 0 Å². The normalized spacial score (nSPS) is 11.5. The van der Waals surface area contributed by atoms with Crippen LogP contribution in [0.3, 0.4) is 0 Å². The van der Waals surface area contributed by atoms with Gasteiger partial charge in [0.05, 0.1) is 6.20 Å². The lowest BCUT2D eigenvalue weighted by Crippen LogP contribution is -2.20. The summed E-state index contributed by atoms with van der Waals surface area (Å²) in [4.78, 5) is 18.9. The van der Waals surface area contributed by atoms with Crippen molar-refractivity contribution in [2.24, 2.45) is 5.41 Å². The molecule has 0 saturated heterocycles. The number of imidazole rings is 1. The molecular formula is C21H26N4O. The Morgan fingerprint density at radius 2 is 1.85 bits per heavy atom. The minimum absolute atomic E-state index is 0.0138. The standard InChI is InChI=1S/C21H26N4O/c1-21(2,3)13-19(26)23-17-15-25-18(22-17)11-8-12-20(25)24(4)14-16-9-6-5-7-10-16/h5-12,15H,13-14H2,1-4H3,(H,23,26). The van der Waals surface area contributed by atoms with Gasteiger partial charge in [0, 0.05) is 20.0 Å². The highest BCUT2D eigenvalue weighted by Crippen LogP contribution is 2.22. The Morgan fingerprint density at radius 1 is 1.12 bits per heavy atom. The monoisotopic (exact) mass is 350 g/mol. The number of aromatic nitrogens is 2. The van der Waals surface area contributed by atoms with Gasteiger partial charge in [0.2, 0.25) is 5.91 Å². The molecule has 5 nitrogen and oxygen atoms in total. The van der Waals surface area contributed by atoms with E-state index in [9.17, 15) is 4.79 Å². The fraction of sp³-hybridized carbons (Fsp3) is 0.333. The molecule has 26 heavy (non-hydrogen) atoms. The van der Waals surface area contributed by atoms with Gasteiger partial charge in [-0.1, -0.05) is 57.2 Å². The maximum absolute atomic E-state index is 12.2. The average Bonchev–Trinajstić information content (AvgIpc) is 2.95.